The van der Waals surface area contributed by atoms with E-state index in [2.05, 4.69) is 15.2 Å². The van der Waals surface area contributed by atoms with Crippen LogP contribution >= 0.6 is 22.7 Å². The number of non-ortho nitro benzene ring substituents is 1. The Morgan fingerprint density at radius 1 is 1.19 bits per heavy atom. The van der Waals surface area contributed by atoms with Crippen molar-refractivity contribution in [1.82, 2.24) is 15.2 Å². The van der Waals surface area contributed by atoms with Crippen LogP contribution in [0.5, 0.6) is 0 Å². The lowest BCUT2D eigenvalue weighted by Crippen LogP contribution is -2.31. The zero-order valence-corrected chi connectivity index (χ0v) is 18.2. The van der Waals surface area contributed by atoms with E-state index in [1.807, 2.05) is 0 Å². The van der Waals surface area contributed by atoms with E-state index in [1.54, 1.807) is 26.8 Å². The first-order valence-electron chi connectivity index (χ1n) is 8.99. The van der Waals surface area contributed by atoms with Gasteiger partial charge >= 0.3 is 0 Å². The quantitative estimate of drug-likeness (QED) is 0.348. The van der Waals surface area contributed by atoms with Crippen molar-refractivity contribution in [2.24, 2.45) is 0 Å². The van der Waals surface area contributed by atoms with E-state index >= 15 is 0 Å². The number of carbonyl (C=O) groups is 2. The minimum atomic E-state index is -1.10. The lowest BCUT2D eigenvalue weighted by atomic mass is 9.95. The third kappa shape index (κ3) is 3.49. The molecule has 10 nitrogen and oxygen atoms in total. The van der Waals surface area contributed by atoms with Gasteiger partial charge in [0.1, 0.15) is 5.01 Å². The second-order valence-corrected chi connectivity index (χ2v) is 9.14. The molecule has 3 aromatic rings. The number of nitrogens with zero attached hydrogens (tertiary/aromatic N) is 5. The summed E-state index contributed by atoms with van der Waals surface area (Å²) in [5.41, 5.74) is 0.386. The van der Waals surface area contributed by atoms with E-state index in [4.69, 9.17) is 0 Å². The van der Waals surface area contributed by atoms with Crippen LogP contribution in [-0.4, -0.2) is 36.9 Å². The monoisotopic (exact) mass is 457 g/mol. The number of rotatable bonds is 5. The highest BCUT2D eigenvalue weighted by atomic mass is 32.1. The molecule has 1 unspecified atom stereocenters. The van der Waals surface area contributed by atoms with Crippen molar-refractivity contribution in [2.75, 3.05) is 4.90 Å². The van der Waals surface area contributed by atoms with Gasteiger partial charge in [-0.1, -0.05) is 23.5 Å². The first-order chi connectivity index (χ1) is 14.7. The highest BCUT2D eigenvalue weighted by Crippen LogP contribution is 2.44. The third-order valence-electron chi connectivity index (χ3n) is 4.68. The molecule has 0 aliphatic carbocycles. The maximum Gasteiger partial charge on any atom is 0.296 e. The van der Waals surface area contributed by atoms with Gasteiger partial charge in [-0.2, -0.15) is 0 Å². The van der Waals surface area contributed by atoms with Crippen LogP contribution in [0.25, 0.3) is 0 Å². The maximum atomic E-state index is 13.4. The van der Waals surface area contributed by atoms with Gasteiger partial charge in [-0.05, 0) is 26.3 Å². The molecule has 1 aliphatic heterocycles. The molecule has 1 N–H and O–H groups in total. The van der Waals surface area contributed by atoms with Gasteiger partial charge in [0.25, 0.3) is 11.6 Å². The molecule has 4 rings (SSSR count). The number of thiazole rings is 1. The molecule has 2 aromatic heterocycles. The fourth-order valence-corrected chi connectivity index (χ4v) is 4.99. The molecular weight excluding hydrogens is 442 g/mol. The first-order valence-corrected chi connectivity index (χ1v) is 10.6. The average molecular weight is 457 g/mol. The number of anilines is 1. The van der Waals surface area contributed by atoms with Gasteiger partial charge in [0.15, 0.2) is 5.76 Å². The molecule has 0 fully saturated rings. The van der Waals surface area contributed by atoms with Crippen molar-refractivity contribution in [1.29, 1.82) is 0 Å². The predicted octanol–water partition coefficient (Wildman–Crippen LogP) is 3.61. The summed E-state index contributed by atoms with van der Waals surface area (Å²) in [6.07, 6.45) is 0. The lowest BCUT2D eigenvalue weighted by Gasteiger charge is -2.23. The summed E-state index contributed by atoms with van der Waals surface area (Å²) < 4.78 is 0. The number of carbonyl (C=O) groups excluding carboxylic acids is 2. The fourth-order valence-electron chi connectivity index (χ4n) is 3.41. The van der Waals surface area contributed by atoms with Crippen molar-refractivity contribution < 1.29 is 19.6 Å². The van der Waals surface area contributed by atoms with Crippen LogP contribution in [-0.2, 0) is 4.79 Å². The van der Waals surface area contributed by atoms with E-state index in [0.29, 0.717) is 21.3 Å². The standard InChI is InChI=1S/C19H15N5O5S2/c1-8-17(30-9(2)20-8)15(25)13-14(11-5-4-6-12(7-11)24(28)29)23(18(27)16(13)26)19-22-21-10(3)31-19/h4-7,14,26H,1-3H3. The maximum absolute atomic E-state index is 13.4. The Balaban J connectivity index is 1.92. The van der Waals surface area contributed by atoms with Crippen molar-refractivity contribution >= 4 is 45.2 Å². The molecule has 1 atom stereocenters. The second-order valence-electron chi connectivity index (χ2n) is 6.77. The van der Waals surface area contributed by atoms with Gasteiger partial charge in [-0.3, -0.25) is 24.6 Å². The highest BCUT2D eigenvalue weighted by molar-refractivity contribution is 7.15. The minimum Gasteiger partial charge on any atom is -0.503 e. The van der Waals surface area contributed by atoms with Gasteiger partial charge in [0.2, 0.25) is 10.9 Å². The van der Waals surface area contributed by atoms with Gasteiger partial charge in [-0.15, -0.1) is 21.5 Å². The first kappa shape index (κ1) is 20.8. The molecule has 0 saturated heterocycles. The smallest absolute Gasteiger partial charge is 0.296 e. The molecule has 158 valence electrons. The summed E-state index contributed by atoms with van der Waals surface area (Å²) in [4.78, 5) is 42.9. The van der Waals surface area contributed by atoms with Gasteiger partial charge in [0.05, 0.1) is 32.1 Å². The van der Waals surface area contributed by atoms with Crippen LogP contribution in [0.3, 0.4) is 0 Å². The zero-order chi connectivity index (χ0) is 22.4. The van der Waals surface area contributed by atoms with Crippen molar-refractivity contribution in [2.45, 2.75) is 26.8 Å². The molecular formula is C19H15N5O5S2. The summed E-state index contributed by atoms with van der Waals surface area (Å²) >= 11 is 2.26. The largest absolute Gasteiger partial charge is 0.503 e. The summed E-state index contributed by atoms with van der Waals surface area (Å²) in [7, 11) is 0. The minimum absolute atomic E-state index is 0.172. The SMILES string of the molecule is Cc1nnc(N2C(=O)C(O)=C(C(=O)c3sc(C)nc3C)C2c2cccc([N+](=O)[O-])c2)s1. The molecule has 12 heteroatoms. The Hall–Kier alpha value is -3.51. The van der Waals surface area contributed by atoms with Crippen LogP contribution in [0.4, 0.5) is 10.8 Å². The zero-order valence-electron chi connectivity index (χ0n) is 16.5. The Kier molecular flexibility index (Phi) is 5.11. The molecule has 0 saturated carbocycles. The lowest BCUT2D eigenvalue weighted by molar-refractivity contribution is -0.384. The summed E-state index contributed by atoms with van der Waals surface area (Å²) in [5.74, 6) is -2.11. The number of hydrogen-bond acceptors (Lipinski definition) is 10. The molecule has 31 heavy (non-hydrogen) atoms. The Labute approximate surface area is 183 Å². The summed E-state index contributed by atoms with van der Waals surface area (Å²) in [6, 6.07) is 4.49. The number of amides is 1. The number of aliphatic hydroxyl groups is 1. The van der Waals surface area contributed by atoms with Crippen LogP contribution in [0, 0.1) is 30.9 Å². The van der Waals surface area contributed by atoms with Gasteiger partial charge in [0, 0.05) is 12.1 Å². The summed E-state index contributed by atoms with van der Waals surface area (Å²) in [5, 5.41) is 31.3. The van der Waals surface area contributed by atoms with E-state index in [-0.39, 0.29) is 21.3 Å². The molecule has 1 aromatic carbocycles. The van der Waals surface area contributed by atoms with Crippen LogP contribution in [0.2, 0.25) is 0 Å². The number of ketones is 1. The van der Waals surface area contributed by atoms with E-state index in [0.717, 1.165) is 27.6 Å². The summed E-state index contributed by atoms with van der Waals surface area (Å²) in [6.45, 7) is 5.11. The second kappa shape index (κ2) is 7.63. The van der Waals surface area contributed by atoms with Crippen molar-refractivity contribution in [3.63, 3.8) is 0 Å². The highest BCUT2D eigenvalue weighted by Gasteiger charge is 2.47. The van der Waals surface area contributed by atoms with Crippen molar-refractivity contribution in [3.8, 4) is 0 Å². The van der Waals surface area contributed by atoms with Crippen LogP contribution in [0.1, 0.15) is 37.0 Å². The van der Waals surface area contributed by atoms with Gasteiger partial charge < -0.3 is 5.11 Å². The molecule has 1 aliphatic rings. The molecule has 3 heterocycles. The topological polar surface area (TPSA) is 139 Å². The van der Waals surface area contributed by atoms with E-state index in [1.165, 1.54) is 18.2 Å². The van der Waals surface area contributed by atoms with E-state index in [9.17, 15) is 24.8 Å². The van der Waals surface area contributed by atoms with Crippen LogP contribution in [0.15, 0.2) is 35.6 Å². The number of benzene rings is 1. The number of Topliss-reactive ketones (excluding diaryl/α,β-unsaturated/α-hetero) is 1. The van der Waals surface area contributed by atoms with Crippen LogP contribution < -0.4 is 4.90 Å². The molecule has 0 spiro atoms. The number of nitro benzene ring substituents is 1. The van der Waals surface area contributed by atoms with Crippen molar-refractivity contribution in [3.05, 3.63) is 71.9 Å². The normalized spacial score (nSPS) is 16.3. The number of aryl methyl sites for hydroxylation is 3. The number of hydrogen-bond donors (Lipinski definition) is 1. The van der Waals surface area contributed by atoms with Gasteiger partial charge in [-0.25, -0.2) is 4.98 Å². The average Bonchev–Trinajstić information content (AvgIpc) is 3.37. The molecule has 1 amide bonds. The Morgan fingerprint density at radius 2 is 1.94 bits per heavy atom. The number of aromatic nitrogens is 3. The predicted molar refractivity (Wildman–Crippen MR) is 114 cm³/mol. The number of aliphatic hydroxyl groups excluding tert-OH is 1. The Bertz CT molecular complexity index is 1280. The third-order valence-corrected chi connectivity index (χ3v) is 6.59. The number of nitro groups is 1. The Morgan fingerprint density at radius 3 is 2.52 bits per heavy atom. The van der Waals surface area contributed by atoms with E-state index < -0.39 is 28.4 Å². The molecule has 0 bridgehead atoms. The molecule has 0 radical (unpaired) electrons. The fraction of sp³-hybridized carbons (Fsp3) is 0.211.